The van der Waals surface area contributed by atoms with E-state index >= 15 is 0 Å². The van der Waals surface area contributed by atoms with Gasteiger partial charge in [-0.2, -0.15) is 0 Å². The molecule has 0 saturated heterocycles. The lowest BCUT2D eigenvalue weighted by Gasteiger charge is -2.19. The Morgan fingerprint density at radius 1 is 1.38 bits per heavy atom. The number of aliphatic hydroxyl groups is 1. The third-order valence-electron chi connectivity index (χ3n) is 3.48. The fourth-order valence-electron chi connectivity index (χ4n) is 2.13. The van der Waals surface area contributed by atoms with Crippen molar-refractivity contribution in [3.63, 3.8) is 0 Å². The second-order valence-corrected chi connectivity index (χ2v) is 5.46. The van der Waals surface area contributed by atoms with Crippen LogP contribution in [0.4, 0.5) is 0 Å². The fraction of sp³-hybridized carbons (Fsp3) is 0.588. The number of methoxy groups -OCH3 is 1. The summed E-state index contributed by atoms with van der Waals surface area (Å²) in [4.78, 5) is 11.8. The van der Waals surface area contributed by atoms with Crippen LogP contribution < -0.4 is 0 Å². The normalized spacial score (nSPS) is 32.1. The fourth-order valence-corrected chi connectivity index (χ4v) is 2.13. The molecule has 4 heteroatoms. The van der Waals surface area contributed by atoms with Gasteiger partial charge in [0.15, 0.2) is 0 Å². The standard InChI is InChI=1S/C17H26O4/c1-13-6-4-5-7-15(20-3)11-16(12-18)21-17(19)10-14(2)9-8-13/h5,7-8,10,15-16,18H,4,6,9,11-12H2,1-3H3/b7-5+,13-8-,14-10-/t15-,16-/m1/s1. The Bertz CT molecular complexity index is 421. The van der Waals surface area contributed by atoms with Gasteiger partial charge in [0.05, 0.1) is 12.7 Å². The van der Waals surface area contributed by atoms with Crippen LogP contribution in [0.25, 0.3) is 0 Å². The highest BCUT2D eigenvalue weighted by atomic mass is 16.6. The monoisotopic (exact) mass is 294 g/mol. The van der Waals surface area contributed by atoms with E-state index in [-0.39, 0.29) is 12.7 Å². The highest BCUT2D eigenvalue weighted by Crippen LogP contribution is 2.14. The maximum Gasteiger partial charge on any atom is 0.331 e. The number of esters is 1. The van der Waals surface area contributed by atoms with Crippen LogP contribution in [-0.4, -0.2) is 37.0 Å². The van der Waals surface area contributed by atoms with Crippen molar-refractivity contribution >= 4 is 5.97 Å². The maximum absolute atomic E-state index is 11.8. The third kappa shape index (κ3) is 7.25. The van der Waals surface area contributed by atoms with E-state index in [2.05, 4.69) is 19.1 Å². The van der Waals surface area contributed by atoms with E-state index in [1.165, 1.54) is 11.6 Å². The number of hydrogen-bond donors (Lipinski definition) is 1. The second kappa shape index (κ2) is 9.53. The van der Waals surface area contributed by atoms with Crippen molar-refractivity contribution in [1.29, 1.82) is 0 Å². The van der Waals surface area contributed by atoms with Gasteiger partial charge in [-0.1, -0.05) is 29.4 Å². The summed E-state index contributed by atoms with van der Waals surface area (Å²) in [5, 5.41) is 9.34. The lowest BCUT2D eigenvalue weighted by atomic mass is 10.1. The molecule has 0 aromatic rings. The molecule has 0 spiro atoms. The molecule has 1 aliphatic heterocycles. The van der Waals surface area contributed by atoms with E-state index in [1.54, 1.807) is 7.11 Å². The minimum Gasteiger partial charge on any atom is -0.457 e. The molecule has 1 heterocycles. The summed E-state index contributed by atoms with van der Waals surface area (Å²) >= 11 is 0. The van der Waals surface area contributed by atoms with Crippen molar-refractivity contribution in [1.82, 2.24) is 0 Å². The van der Waals surface area contributed by atoms with Crippen molar-refractivity contribution < 1.29 is 19.4 Å². The average molecular weight is 294 g/mol. The minimum atomic E-state index is -0.545. The highest BCUT2D eigenvalue weighted by Gasteiger charge is 2.17. The van der Waals surface area contributed by atoms with Gasteiger partial charge in [-0.3, -0.25) is 0 Å². The molecule has 0 amide bonds. The van der Waals surface area contributed by atoms with Crippen LogP contribution in [-0.2, 0) is 14.3 Å². The Labute approximate surface area is 127 Å². The van der Waals surface area contributed by atoms with E-state index in [0.717, 1.165) is 24.8 Å². The first-order chi connectivity index (χ1) is 10.0. The molecular weight excluding hydrogens is 268 g/mol. The number of cyclic esters (lactones) is 1. The number of aliphatic hydroxyl groups excluding tert-OH is 1. The number of allylic oxidation sites excluding steroid dienone is 4. The zero-order valence-corrected chi connectivity index (χ0v) is 13.2. The van der Waals surface area contributed by atoms with Crippen molar-refractivity contribution in [2.24, 2.45) is 0 Å². The molecule has 1 aliphatic rings. The number of ether oxygens (including phenoxy) is 2. The molecule has 0 aliphatic carbocycles. The number of carbonyl (C=O) groups excluding carboxylic acids is 1. The van der Waals surface area contributed by atoms with Crippen LogP contribution >= 0.6 is 0 Å². The largest absolute Gasteiger partial charge is 0.457 e. The third-order valence-corrected chi connectivity index (χ3v) is 3.48. The Morgan fingerprint density at radius 2 is 2.14 bits per heavy atom. The van der Waals surface area contributed by atoms with Gasteiger partial charge < -0.3 is 14.6 Å². The zero-order chi connectivity index (χ0) is 15.7. The van der Waals surface area contributed by atoms with E-state index in [1.807, 2.05) is 13.0 Å². The summed E-state index contributed by atoms with van der Waals surface area (Å²) in [6, 6.07) is 0. The Hall–Kier alpha value is -1.39. The topological polar surface area (TPSA) is 55.8 Å². The molecule has 0 fully saturated rings. The second-order valence-electron chi connectivity index (χ2n) is 5.46. The van der Waals surface area contributed by atoms with Gasteiger partial charge in [-0.15, -0.1) is 0 Å². The molecule has 1 rings (SSSR count). The summed E-state index contributed by atoms with van der Waals surface area (Å²) in [5.74, 6) is -0.409. The van der Waals surface area contributed by atoms with Gasteiger partial charge in [-0.05, 0) is 33.1 Å². The van der Waals surface area contributed by atoms with Crippen LogP contribution in [0.3, 0.4) is 0 Å². The first kappa shape index (κ1) is 17.7. The molecule has 4 nitrogen and oxygen atoms in total. The minimum absolute atomic E-state index is 0.160. The maximum atomic E-state index is 11.8. The van der Waals surface area contributed by atoms with Gasteiger partial charge in [0, 0.05) is 19.6 Å². The highest BCUT2D eigenvalue weighted by molar-refractivity contribution is 5.82. The van der Waals surface area contributed by atoms with Crippen LogP contribution in [0.15, 0.2) is 35.5 Å². The van der Waals surface area contributed by atoms with E-state index in [9.17, 15) is 9.90 Å². The van der Waals surface area contributed by atoms with Crippen LogP contribution in [0.5, 0.6) is 0 Å². The lowest BCUT2D eigenvalue weighted by Crippen LogP contribution is -2.26. The van der Waals surface area contributed by atoms with Crippen molar-refractivity contribution in [2.45, 2.75) is 51.7 Å². The number of rotatable bonds is 2. The number of hydrogen-bond acceptors (Lipinski definition) is 4. The van der Waals surface area contributed by atoms with Crippen molar-refractivity contribution in [3.8, 4) is 0 Å². The van der Waals surface area contributed by atoms with Crippen LogP contribution in [0.2, 0.25) is 0 Å². The van der Waals surface area contributed by atoms with E-state index in [0.29, 0.717) is 6.42 Å². The summed E-state index contributed by atoms with van der Waals surface area (Å²) < 4.78 is 10.6. The Kier molecular flexibility index (Phi) is 8.01. The molecule has 2 atom stereocenters. The quantitative estimate of drug-likeness (QED) is 0.628. The van der Waals surface area contributed by atoms with Gasteiger partial charge in [0.2, 0.25) is 0 Å². The summed E-state index contributed by atoms with van der Waals surface area (Å²) in [7, 11) is 1.61. The van der Waals surface area contributed by atoms with Gasteiger partial charge >= 0.3 is 5.97 Å². The first-order valence-electron chi connectivity index (χ1n) is 7.39. The molecule has 0 aromatic heterocycles. The predicted octanol–water partition coefficient (Wildman–Crippen LogP) is 2.93. The first-order valence-corrected chi connectivity index (χ1v) is 7.39. The van der Waals surface area contributed by atoms with E-state index in [4.69, 9.17) is 9.47 Å². The molecule has 0 aromatic carbocycles. The molecule has 0 bridgehead atoms. The van der Waals surface area contributed by atoms with Crippen molar-refractivity contribution in [2.75, 3.05) is 13.7 Å². The van der Waals surface area contributed by atoms with E-state index < -0.39 is 12.1 Å². The molecular formula is C17H26O4. The average Bonchev–Trinajstić information content (AvgIpc) is 2.46. The smallest absolute Gasteiger partial charge is 0.331 e. The summed E-state index contributed by atoms with van der Waals surface area (Å²) in [6.45, 7) is 3.80. The molecule has 0 saturated carbocycles. The van der Waals surface area contributed by atoms with Gasteiger partial charge in [-0.25, -0.2) is 4.79 Å². The van der Waals surface area contributed by atoms with Crippen molar-refractivity contribution in [3.05, 3.63) is 35.5 Å². The Balaban J connectivity index is 2.87. The number of carbonyl (C=O) groups is 1. The SMILES string of the molecule is CO[C@@H]1/C=C/CC/C(C)=C\C/C(C)=C\C(=O)O[C@@H](CO)C1. The molecule has 0 unspecified atom stereocenters. The predicted molar refractivity (Wildman–Crippen MR) is 82.9 cm³/mol. The zero-order valence-electron chi connectivity index (χ0n) is 13.2. The van der Waals surface area contributed by atoms with Gasteiger partial charge in [0.25, 0.3) is 0 Å². The Morgan fingerprint density at radius 3 is 2.81 bits per heavy atom. The molecule has 1 N–H and O–H groups in total. The van der Waals surface area contributed by atoms with Gasteiger partial charge in [0.1, 0.15) is 6.10 Å². The lowest BCUT2D eigenvalue weighted by molar-refractivity contribution is -0.146. The summed E-state index contributed by atoms with van der Waals surface area (Å²) in [5.41, 5.74) is 2.26. The molecule has 0 radical (unpaired) electrons. The van der Waals surface area contributed by atoms with Crippen LogP contribution in [0, 0.1) is 0 Å². The summed E-state index contributed by atoms with van der Waals surface area (Å²) in [6.07, 6.45) is 10.1. The molecule has 21 heavy (non-hydrogen) atoms. The van der Waals surface area contributed by atoms with Crippen LogP contribution in [0.1, 0.15) is 39.5 Å². The molecule has 118 valence electrons.